The van der Waals surface area contributed by atoms with Gasteiger partial charge in [-0.05, 0) is 30.7 Å². The fourth-order valence-corrected chi connectivity index (χ4v) is 2.76. The van der Waals surface area contributed by atoms with E-state index in [2.05, 4.69) is 9.97 Å². The third-order valence-corrected chi connectivity index (χ3v) is 4.24. The van der Waals surface area contributed by atoms with Crippen molar-refractivity contribution in [2.45, 2.75) is 19.5 Å². The lowest BCUT2D eigenvalue weighted by molar-refractivity contribution is 0.0665. The molecule has 3 aromatic rings. The van der Waals surface area contributed by atoms with Crippen LogP contribution in [0.15, 0.2) is 67.0 Å². The average Bonchev–Trinajstić information content (AvgIpc) is 3.17. The van der Waals surface area contributed by atoms with Crippen molar-refractivity contribution in [3.8, 4) is 0 Å². The Morgan fingerprint density at radius 1 is 1.15 bits per heavy atom. The normalized spacial score (nSPS) is 11.7. The first kappa shape index (κ1) is 17.4. The summed E-state index contributed by atoms with van der Waals surface area (Å²) in [6.07, 6.45) is 3.15. The van der Waals surface area contributed by atoms with Gasteiger partial charge in [-0.15, -0.1) is 0 Å². The highest BCUT2D eigenvalue weighted by atomic mass is 16.2. The van der Waals surface area contributed by atoms with Crippen molar-refractivity contribution in [3.63, 3.8) is 0 Å². The number of aromatic amines is 1. The number of benzene rings is 1. The summed E-state index contributed by atoms with van der Waals surface area (Å²) in [4.78, 5) is 33.4. The zero-order valence-corrected chi connectivity index (χ0v) is 14.4. The maximum atomic E-state index is 13.1. The Labute approximate surface area is 151 Å². The van der Waals surface area contributed by atoms with Gasteiger partial charge in [0, 0.05) is 18.9 Å². The molecule has 0 saturated heterocycles. The molecule has 0 aliphatic carbocycles. The first-order valence-corrected chi connectivity index (χ1v) is 8.30. The lowest BCUT2D eigenvalue weighted by atomic mass is 10.1. The van der Waals surface area contributed by atoms with Crippen molar-refractivity contribution in [2.75, 3.05) is 0 Å². The smallest absolute Gasteiger partial charge is 0.271 e. The van der Waals surface area contributed by atoms with E-state index in [1.165, 1.54) is 12.3 Å². The third kappa shape index (κ3) is 3.80. The molecule has 0 aliphatic heterocycles. The highest BCUT2D eigenvalue weighted by Gasteiger charge is 2.25. The summed E-state index contributed by atoms with van der Waals surface area (Å²) in [5.74, 6) is -0.799. The zero-order valence-electron chi connectivity index (χ0n) is 14.4. The summed E-state index contributed by atoms with van der Waals surface area (Å²) in [7, 11) is 0. The predicted octanol–water partition coefficient (Wildman–Crippen LogP) is 2.91. The zero-order chi connectivity index (χ0) is 18.5. The van der Waals surface area contributed by atoms with Gasteiger partial charge < -0.3 is 15.6 Å². The van der Waals surface area contributed by atoms with Crippen LogP contribution in [0.4, 0.5) is 0 Å². The van der Waals surface area contributed by atoms with Gasteiger partial charge in [-0.3, -0.25) is 14.6 Å². The Kier molecular flexibility index (Phi) is 5.12. The fourth-order valence-electron chi connectivity index (χ4n) is 2.76. The number of rotatable bonds is 6. The molecule has 132 valence electrons. The number of hydrogen-bond donors (Lipinski definition) is 2. The van der Waals surface area contributed by atoms with Gasteiger partial charge in [0.25, 0.3) is 5.91 Å². The van der Waals surface area contributed by atoms with Crippen LogP contribution in [0, 0.1) is 0 Å². The monoisotopic (exact) mass is 348 g/mol. The summed E-state index contributed by atoms with van der Waals surface area (Å²) in [5.41, 5.74) is 7.67. The summed E-state index contributed by atoms with van der Waals surface area (Å²) in [6.45, 7) is 2.35. The molecule has 0 radical (unpaired) electrons. The van der Waals surface area contributed by atoms with Crippen LogP contribution in [0.1, 0.15) is 45.1 Å². The molecule has 1 atom stereocenters. The average molecular weight is 348 g/mol. The summed E-state index contributed by atoms with van der Waals surface area (Å²) >= 11 is 0. The van der Waals surface area contributed by atoms with E-state index in [4.69, 9.17) is 5.73 Å². The number of pyridine rings is 1. The molecule has 6 heteroatoms. The number of primary amides is 1. The lowest BCUT2D eigenvalue weighted by Crippen LogP contribution is -2.33. The van der Waals surface area contributed by atoms with Crippen LogP contribution in [-0.2, 0) is 6.54 Å². The SMILES string of the molecule is C[C@@H](c1ccccn1)N(Cc1ccccc1)C(=O)c1cc(C(N)=O)c[nH]1. The predicted molar refractivity (Wildman–Crippen MR) is 98.3 cm³/mol. The minimum Gasteiger partial charge on any atom is -0.366 e. The molecule has 26 heavy (non-hydrogen) atoms. The third-order valence-electron chi connectivity index (χ3n) is 4.24. The van der Waals surface area contributed by atoms with Gasteiger partial charge in [-0.2, -0.15) is 0 Å². The number of nitrogens with zero attached hydrogens (tertiary/aromatic N) is 2. The molecule has 3 rings (SSSR count). The van der Waals surface area contributed by atoms with Crippen molar-refractivity contribution >= 4 is 11.8 Å². The molecule has 1 aromatic carbocycles. The molecule has 0 fully saturated rings. The second-order valence-corrected chi connectivity index (χ2v) is 6.02. The summed E-state index contributed by atoms with van der Waals surface area (Å²) in [6, 6.07) is 16.6. The van der Waals surface area contributed by atoms with E-state index < -0.39 is 5.91 Å². The van der Waals surface area contributed by atoms with Gasteiger partial charge >= 0.3 is 0 Å². The fraction of sp³-hybridized carbons (Fsp3) is 0.150. The van der Waals surface area contributed by atoms with Crippen molar-refractivity contribution < 1.29 is 9.59 Å². The Morgan fingerprint density at radius 2 is 1.88 bits per heavy atom. The second-order valence-electron chi connectivity index (χ2n) is 6.02. The van der Waals surface area contributed by atoms with E-state index in [-0.39, 0.29) is 17.5 Å². The molecule has 2 amide bonds. The highest BCUT2D eigenvalue weighted by Crippen LogP contribution is 2.23. The van der Waals surface area contributed by atoms with Crippen LogP contribution in [0.2, 0.25) is 0 Å². The molecular formula is C20H20N4O2. The van der Waals surface area contributed by atoms with E-state index in [1.54, 1.807) is 11.1 Å². The molecule has 0 spiro atoms. The first-order valence-electron chi connectivity index (χ1n) is 8.30. The molecule has 0 saturated carbocycles. The van der Waals surface area contributed by atoms with Gasteiger partial charge in [0.15, 0.2) is 0 Å². The van der Waals surface area contributed by atoms with E-state index in [1.807, 2.05) is 55.5 Å². The van der Waals surface area contributed by atoms with Crippen LogP contribution in [0.25, 0.3) is 0 Å². The number of H-pyrrole nitrogens is 1. The lowest BCUT2D eigenvalue weighted by Gasteiger charge is -2.29. The summed E-state index contributed by atoms with van der Waals surface area (Å²) in [5, 5.41) is 0. The van der Waals surface area contributed by atoms with Crippen LogP contribution >= 0.6 is 0 Å². The van der Waals surface area contributed by atoms with Crippen molar-refractivity contribution in [2.24, 2.45) is 5.73 Å². The Hall–Kier alpha value is -3.41. The van der Waals surface area contributed by atoms with E-state index in [9.17, 15) is 9.59 Å². The number of hydrogen-bond acceptors (Lipinski definition) is 3. The molecule has 0 unspecified atom stereocenters. The number of carbonyl (C=O) groups excluding carboxylic acids is 2. The van der Waals surface area contributed by atoms with E-state index in [0.29, 0.717) is 12.2 Å². The first-order chi connectivity index (χ1) is 12.6. The second kappa shape index (κ2) is 7.65. The minimum absolute atomic E-state index is 0.223. The summed E-state index contributed by atoms with van der Waals surface area (Å²) < 4.78 is 0. The van der Waals surface area contributed by atoms with Gasteiger partial charge in [0.05, 0.1) is 17.3 Å². The van der Waals surface area contributed by atoms with Gasteiger partial charge in [-0.25, -0.2) is 0 Å². The van der Waals surface area contributed by atoms with Gasteiger partial charge in [-0.1, -0.05) is 36.4 Å². The molecule has 0 aliphatic rings. The Balaban J connectivity index is 1.93. The number of carbonyl (C=O) groups is 2. The quantitative estimate of drug-likeness (QED) is 0.717. The maximum absolute atomic E-state index is 13.1. The van der Waals surface area contributed by atoms with Crippen LogP contribution in [0.3, 0.4) is 0 Å². The number of nitrogens with one attached hydrogen (secondary N) is 1. The number of nitrogens with two attached hydrogens (primary N) is 1. The Bertz CT molecular complexity index is 890. The molecule has 3 N–H and O–H groups in total. The molecule has 2 heterocycles. The highest BCUT2D eigenvalue weighted by molar-refractivity contribution is 5.98. The van der Waals surface area contributed by atoms with Crippen LogP contribution in [-0.4, -0.2) is 26.7 Å². The largest absolute Gasteiger partial charge is 0.366 e. The van der Waals surface area contributed by atoms with Crippen LogP contribution < -0.4 is 5.73 Å². The molecule has 0 bridgehead atoms. The molecular weight excluding hydrogens is 328 g/mol. The minimum atomic E-state index is -0.576. The molecule has 6 nitrogen and oxygen atoms in total. The van der Waals surface area contributed by atoms with Crippen LogP contribution in [0.5, 0.6) is 0 Å². The van der Waals surface area contributed by atoms with E-state index in [0.717, 1.165) is 11.3 Å². The topological polar surface area (TPSA) is 92.1 Å². The van der Waals surface area contributed by atoms with E-state index >= 15 is 0 Å². The standard InChI is InChI=1S/C20H20N4O2/c1-14(17-9-5-6-10-22-17)24(13-15-7-3-2-4-8-15)20(26)18-11-16(12-23-18)19(21)25/h2-12,14,23H,13H2,1H3,(H2,21,25)/t14-/m0/s1. The van der Waals surface area contributed by atoms with Crippen molar-refractivity contribution in [1.82, 2.24) is 14.9 Å². The van der Waals surface area contributed by atoms with Crippen molar-refractivity contribution in [3.05, 3.63) is 89.5 Å². The van der Waals surface area contributed by atoms with Gasteiger partial charge in [0.2, 0.25) is 5.91 Å². The van der Waals surface area contributed by atoms with Gasteiger partial charge in [0.1, 0.15) is 5.69 Å². The molecule has 2 aromatic heterocycles. The Morgan fingerprint density at radius 3 is 2.50 bits per heavy atom. The number of aromatic nitrogens is 2. The number of amides is 2. The maximum Gasteiger partial charge on any atom is 0.271 e. The van der Waals surface area contributed by atoms with Crippen molar-refractivity contribution in [1.29, 1.82) is 0 Å².